The summed E-state index contributed by atoms with van der Waals surface area (Å²) >= 11 is 0. The molecule has 1 amide bonds. The third kappa shape index (κ3) is 4.14. The summed E-state index contributed by atoms with van der Waals surface area (Å²) in [7, 11) is 0. The highest BCUT2D eigenvalue weighted by atomic mass is 16.6. The third-order valence-corrected chi connectivity index (χ3v) is 2.58. The lowest BCUT2D eigenvalue weighted by Gasteiger charge is -2.41. The SMILES string of the molecule is O=C(O)CNC(=O)CCC[N+]1([O-])CC=CC1O. The van der Waals surface area contributed by atoms with Crippen LogP contribution in [-0.4, -0.2) is 52.6 Å². The first-order valence-corrected chi connectivity index (χ1v) is 5.35. The van der Waals surface area contributed by atoms with E-state index in [0.29, 0.717) is 6.42 Å². The highest BCUT2D eigenvalue weighted by Crippen LogP contribution is 2.18. The number of hydrogen-bond acceptors (Lipinski definition) is 4. The van der Waals surface area contributed by atoms with Gasteiger partial charge in [0.15, 0.2) is 0 Å². The zero-order valence-corrected chi connectivity index (χ0v) is 9.33. The van der Waals surface area contributed by atoms with Crippen molar-refractivity contribution in [3.05, 3.63) is 17.4 Å². The van der Waals surface area contributed by atoms with Gasteiger partial charge in [-0.05, 0) is 6.08 Å². The van der Waals surface area contributed by atoms with Crippen LogP contribution >= 0.6 is 0 Å². The highest BCUT2D eigenvalue weighted by molar-refractivity contribution is 5.80. The largest absolute Gasteiger partial charge is 0.630 e. The summed E-state index contributed by atoms with van der Waals surface area (Å²) in [4.78, 5) is 21.3. The number of carbonyl (C=O) groups is 2. The van der Waals surface area contributed by atoms with Gasteiger partial charge in [-0.2, -0.15) is 0 Å². The number of amides is 1. The number of quaternary nitrogens is 1. The van der Waals surface area contributed by atoms with Gasteiger partial charge in [-0.1, -0.05) is 0 Å². The van der Waals surface area contributed by atoms with Crippen LogP contribution in [0.25, 0.3) is 0 Å². The van der Waals surface area contributed by atoms with Gasteiger partial charge in [-0.15, -0.1) is 0 Å². The lowest BCUT2D eigenvalue weighted by Crippen LogP contribution is -2.47. The maximum absolute atomic E-state index is 11.9. The van der Waals surface area contributed by atoms with Gasteiger partial charge in [0.25, 0.3) is 0 Å². The van der Waals surface area contributed by atoms with Gasteiger partial charge >= 0.3 is 5.97 Å². The third-order valence-electron chi connectivity index (χ3n) is 2.58. The summed E-state index contributed by atoms with van der Waals surface area (Å²) in [5.74, 6) is -1.51. The number of carbonyl (C=O) groups excluding carboxylic acids is 1. The van der Waals surface area contributed by atoms with Crippen LogP contribution in [0.5, 0.6) is 0 Å². The van der Waals surface area contributed by atoms with E-state index in [2.05, 4.69) is 5.32 Å². The van der Waals surface area contributed by atoms with E-state index in [9.17, 15) is 19.9 Å². The van der Waals surface area contributed by atoms with Crippen LogP contribution in [0, 0.1) is 5.21 Å². The quantitative estimate of drug-likeness (QED) is 0.321. The van der Waals surface area contributed by atoms with Crippen molar-refractivity contribution in [2.45, 2.75) is 19.1 Å². The van der Waals surface area contributed by atoms with Crippen LogP contribution in [-0.2, 0) is 9.59 Å². The summed E-state index contributed by atoms with van der Waals surface area (Å²) in [6.07, 6.45) is 2.40. The maximum Gasteiger partial charge on any atom is 0.322 e. The molecule has 0 spiro atoms. The molecule has 0 saturated carbocycles. The Hall–Kier alpha value is -1.44. The summed E-state index contributed by atoms with van der Waals surface area (Å²) in [6.45, 7) is -0.0764. The van der Waals surface area contributed by atoms with Gasteiger partial charge in [0.1, 0.15) is 6.54 Å². The van der Waals surface area contributed by atoms with Gasteiger partial charge in [0.2, 0.25) is 12.1 Å². The fourth-order valence-electron chi connectivity index (χ4n) is 1.62. The summed E-state index contributed by atoms with van der Waals surface area (Å²) in [5, 5.41) is 31.8. The number of aliphatic hydroxyl groups is 1. The van der Waals surface area contributed by atoms with Crippen molar-refractivity contribution >= 4 is 11.9 Å². The number of carboxylic acids is 1. The molecular weight excluding hydrogens is 228 g/mol. The number of hydrogen-bond donors (Lipinski definition) is 3. The summed E-state index contributed by atoms with van der Waals surface area (Å²) in [5.41, 5.74) is 0. The second-order valence-corrected chi connectivity index (χ2v) is 3.97. The predicted molar refractivity (Wildman–Crippen MR) is 58.4 cm³/mol. The first-order valence-electron chi connectivity index (χ1n) is 5.35. The van der Waals surface area contributed by atoms with E-state index in [1.54, 1.807) is 6.08 Å². The Balaban J connectivity index is 2.19. The van der Waals surface area contributed by atoms with Gasteiger partial charge in [-0.3, -0.25) is 9.59 Å². The average molecular weight is 244 g/mol. The lowest BCUT2D eigenvalue weighted by atomic mass is 10.2. The molecule has 7 nitrogen and oxygen atoms in total. The fourth-order valence-corrected chi connectivity index (χ4v) is 1.62. The molecule has 1 aliphatic rings. The monoisotopic (exact) mass is 244 g/mol. The molecule has 2 unspecified atom stereocenters. The van der Waals surface area contributed by atoms with Crippen molar-refractivity contribution in [2.75, 3.05) is 19.6 Å². The molecule has 1 aliphatic heterocycles. The van der Waals surface area contributed by atoms with Crippen LogP contribution in [0.4, 0.5) is 0 Å². The minimum absolute atomic E-state index is 0.0856. The molecule has 0 saturated heterocycles. The van der Waals surface area contributed by atoms with Gasteiger partial charge in [-0.25, -0.2) is 0 Å². The molecular formula is C10H16N2O5. The molecule has 0 aromatic carbocycles. The van der Waals surface area contributed by atoms with Crippen LogP contribution < -0.4 is 5.32 Å². The summed E-state index contributed by atoms with van der Waals surface area (Å²) < 4.78 is -0.758. The Morgan fingerprint density at radius 3 is 2.76 bits per heavy atom. The number of hydroxylamine groups is 3. The van der Waals surface area contributed by atoms with Crippen molar-refractivity contribution in [3.8, 4) is 0 Å². The number of rotatable bonds is 6. The van der Waals surface area contributed by atoms with Crippen LogP contribution in [0.15, 0.2) is 12.2 Å². The van der Waals surface area contributed by atoms with Crippen molar-refractivity contribution in [2.24, 2.45) is 0 Å². The topological polar surface area (TPSA) is 110 Å². The predicted octanol–water partition coefficient (Wildman–Crippen LogP) is -0.830. The lowest BCUT2D eigenvalue weighted by molar-refractivity contribution is -0.909. The van der Waals surface area contributed by atoms with E-state index >= 15 is 0 Å². The van der Waals surface area contributed by atoms with E-state index in [1.165, 1.54) is 6.08 Å². The summed E-state index contributed by atoms with van der Waals surface area (Å²) in [6, 6.07) is 0. The molecule has 3 N–H and O–H groups in total. The van der Waals surface area contributed by atoms with E-state index in [-0.39, 0.29) is 19.5 Å². The number of nitrogens with zero attached hydrogens (tertiary/aromatic N) is 1. The standard InChI is InChI=1S/C10H16N2O5/c13-8(11-7-10(15)16)3-1-5-12(17)6-2-4-9(12)14/h2,4,9,14H,1,3,5-7H2,(H,11,13)(H,15,16). The van der Waals surface area contributed by atoms with Crippen LogP contribution in [0.3, 0.4) is 0 Å². The molecule has 0 aromatic heterocycles. The molecule has 0 bridgehead atoms. The molecule has 96 valence electrons. The number of aliphatic carboxylic acids is 1. The Labute approximate surface area is 98.5 Å². The Morgan fingerprint density at radius 2 is 2.24 bits per heavy atom. The number of nitrogens with one attached hydrogen (secondary N) is 1. The number of carboxylic acid groups (broad SMARTS) is 1. The zero-order chi connectivity index (χ0) is 12.9. The van der Waals surface area contributed by atoms with E-state index < -0.39 is 29.3 Å². The fraction of sp³-hybridized carbons (Fsp3) is 0.600. The first-order chi connectivity index (χ1) is 7.94. The maximum atomic E-state index is 11.9. The Morgan fingerprint density at radius 1 is 1.53 bits per heavy atom. The molecule has 1 rings (SSSR count). The molecule has 0 aliphatic carbocycles. The number of aliphatic hydroxyl groups excluding tert-OH is 1. The van der Waals surface area contributed by atoms with Crippen molar-refractivity contribution < 1.29 is 24.4 Å². The molecule has 2 atom stereocenters. The van der Waals surface area contributed by atoms with E-state index in [0.717, 1.165) is 0 Å². The second kappa shape index (κ2) is 5.76. The Kier molecular flexibility index (Phi) is 4.62. The minimum Gasteiger partial charge on any atom is -0.630 e. The van der Waals surface area contributed by atoms with E-state index in [4.69, 9.17) is 5.11 Å². The second-order valence-electron chi connectivity index (χ2n) is 3.97. The average Bonchev–Trinajstić information content (AvgIpc) is 2.57. The van der Waals surface area contributed by atoms with Crippen molar-refractivity contribution in [1.29, 1.82) is 0 Å². The van der Waals surface area contributed by atoms with Crippen molar-refractivity contribution in [3.63, 3.8) is 0 Å². The smallest absolute Gasteiger partial charge is 0.322 e. The first kappa shape index (κ1) is 13.6. The Bertz CT molecular complexity index is 331. The minimum atomic E-state index is -1.11. The molecule has 0 radical (unpaired) electrons. The zero-order valence-electron chi connectivity index (χ0n) is 9.33. The van der Waals surface area contributed by atoms with Crippen molar-refractivity contribution in [1.82, 2.24) is 5.32 Å². The molecule has 1 heterocycles. The van der Waals surface area contributed by atoms with Crippen LogP contribution in [0.2, 0.25) is 0 Å². The van der Waals surface area contributed by atoms with E-state index in [1.807, 2.05) is 0 Å². The molecule has 17 heavy (non-hydrogen) atoms. The molecule has 0 fully saturated rings. The normalized spacial score (nSPS) is 27.1. The van der Waals surface area contributed by atoms with Crippen LogP contribution in [0.1, 0.15) is 12.8 Å². The molecule has 7 heteroatoms. The van der Waals surface area contributed by atoms with Gasteiger partial charge < -0.3 is 25.4 Å². The highest BCUT2D eigenvalue weighted by Gasteiger charge is 2.27. The van der Waals surface area contributed by atoms with Gasteiger partial charge in [0, 0.05) is 18.9 Å². The van der Waals surface area contributed by atoms with Gasteiger partial charge in [0.05, 0.1) is 13.1 Å². The molecule has 0 aromatic rings.